The third-order valence-corrected chi connectivity index (χ3v) is 5.44. The molecule has 2 fully saturated rings. The number of nitrogens with one attached hydrogen (secondary N) is 1. The van der Waals surface area contributed by atoms with Crippen molar-refractivity contribution in [3.8, 4) is 0 Å². The fourth-order valence-corrected chi connectivity index (χ4v) is 4.10. The van der Waals surface area contributed by atoms with Gasteiger partial charge in [0.25, 0.3) is 0 Å². The van der Waals surface area contributed by atoms with Crippen LogP contribution in [0.15, 0.2) is 0 Å². The highest BCUT2D eigenvalue weighted by atomic mass is 32.2. The second-order valence-electron chi connectivity index (χ2n) is 5.61. The molecular formula is C13H26N2S. The van der Waals surface area contributed by atoms with Crippen LogP contribution in [0.2, 0.25) is 0 Å². The van der Waals surface area contributed by atoms with Gasteiger partial charge in [-0.05, 0) is 37.8 Å². The van der Waals surface area contributed by atoms with E-state index in [0.29, 0.717) is 0 Å². The average molecular weight is 242 g/mol. The van der Waals surface area contributed by atoms with Crippen molar-refractivity contribution in [2.75, 3.05) is 38.5 Å². The Morgan fingerprint density at radius 1 is 1.31 bits per heavy atom. The molecule has 0 amide bonds. The van der Waals surface area contributed by atoms with Gasteiger partial charge in [0.05, 0.1) is 0 Å². The molecule has 2 heterocycles. The van der Waals surface area contributed by atoms with E-state index in [1.807, 2.05) is 0 Å². The summed E-state index contributed by atoms with van der Waals surface area (Å²) >= 11 is 2.18. The first-order valence-electron chi connectivity index (χ1n) is 6.80. The molecule has 1 atom stereocenters. The summed E-state index contributed by atoms with van der Waals surface area (Å²) < 4.78 is 0. The number of thioether (sulfide) groups is 1. The lowest BCUT2D eigenvalue weighted by atomic mass is 9.97. The monoisotopic (exact) mass is 242 g/mol. The highest BCUT2D eigenvalue weighted by Gasteiger charge is 2.25. The molecule has 2 nitrogen and oxygen atoms in total. The van der Waals surface area contributed by atoms with E-state index in [-0.39, 0.29) is 0 Å². The SMILES string of the molecule is CC(C)C1CN(CC2CCNCC2)CCS1. The minimum absolute atomic E-state index is 0.834. The van der Waals surface area contributed by atoms with Crippen LogP contribution < -0.4 is 5.32 Å². The van der Waals surface area contributed by atoms with Crippen LogP contribution in [0.4, 0.5) is 0 Å². The molecule has 2 rings (SSSR count). The van der Waals surface area contributed by atoms with E-state index in [2.05, 4.69) is 35.8 Å². The van der Waals surface area contributed by atoms with Gasteiger partial charge in [0.1, 0.15) is 0 Å². The third kappa shape index (κ3) is 3.64. The topological polar surface area (TPSA) is 15.3 Å². The number of rotatable bonds is 3. The number of hydrogen-bond donors (Lipinski definition) is 1. The molecule has 2 aliphatic rings. The average Bonchev–Trinajstić information content (AvgIpc) is 2.30. The van der Waals surface area contributed by atoms with Crippen molar-refractivity contribution >= 4 is 11.8 Å². The van der Waals surface area contributed by atoms with Crippen LogP contribution in [0.1, 0.15) is 26.7 Å². The van der Waals surface area contributed by atoms with Gasteiger partial charge in [-0.3, -0.25) is 0 Å². The van der Waals surface area contributed by atoms with Crippen molar-refractivity contribution in [2.45, 2.75) is 31.9 Å². The Morgan fingerprint density at radius 3 is 2.75 bits per heavy atom. The summed E-state index contributed by atoms with van der Waals surface area (Å²) in [5.41, 5.74) is 0. The Kier molecular flexibility index (Phi) is 4.98. The Hall–Kier alpha value is 0.270. The molecule has 0 bridgehead atoms. The number of nitrogens with zero attached hydrogens (tertiary/aromatic N) is 1. The van der Waals surface area contributed by atoms with Gasteiger partial charge in [-0.25, -0.2) is 0 Å². The smallest absolute Gasteiger partial charge is 0.0198 e. The van der Waals surface area contributed by atoms with Crippen LogP contribution in [0.3, 0.4) is 0 Å². The van der Waals surface area contributed by atoms with Gasteiger partial charge < -0.3 is 10.2 Å². The second-order valence-corrected chi connectivity index (χ2v) is 6.95. The van der Waals surface area contributed by atoms with Gasteiger partial charge in [-0.2, -0.15) is 11.8 Å². The normalized spacial score (nSPS) is 29.8. The number of piperidine rings is 1. The van der Waals surface area contributed by atoms with E-state index in [0.717, 1.165) is 17.1 Å². The summed E-state index contributed by atoms with van der Waals surface area (Å²) in [6.07, 6.45) is 2.77. The van der Waals surface area contributed by atoms with Gasteiger partial charge in [-0.15, -0.1) is 0 Å². The van der Waals surface area contributed by atoms with Crippen molar-refractivity contribution in [3.63, 3.8) is 0 Å². The zero-order valence-electron chi connectivity index (χ0n) is 10.7. The largest absolute Gasteiger partial charge is 0.317 e. The molecule has 0 saturated carbocycles. The molecule has 0 aromatic rings. The zero-order valence-corrected chi connectivity index (χ0v) is 11.6. The minimum Gasteiger partial charge on any atom is -0.317 e. The molecule has 0 aromatic heterocycles. The first-order valence-corrected chi connectivity index (χ1v) is 7.85. The summed E-state index contributed by atoms with van der Waals surface area (Å²) in [6, 6.07) is 0. The highest BCUT2D eigenvalue weighted by Crippen LogP contribution is 2.26. The van der Waals surface area contributed by atoms with Crippen LogP contribution in [-0.4, -0.2) is 48.6 Å². The summed E-state index contributed by atoms with van der Waals surface area (Å²) in [5.74, 6) is 3.13. The Morgan fingerprint density at radius 2 is 2.06 bits per heavy atom. The summed E-state index contributed by atoms with van der Waals surface area (Å²) in [7, 11) is 0. The second kappa shape index (κ2) is 6.27. The van der Waals surface area contributed by atoms with Crippen molar-refractivity contribution in [2.24, 2.45) is 11.8 Å². The molecule has 16 heavy (non-hydrogen) atoms. The van der Waals surface area contributed by atoms with E-state index in [4.69, 9.17) is 0 Å². The maximum atomic E-state index is 3.46. The molecule has 1 N–H and O–H groups in total. The lowest BCUT2D eigenvalue weighted by molar-refractivity contribution is 0.203. The fraction of sp³-hybridized carbons (Fsp3) is 1.00. The third-order valence-electron chi connectivity index (χ3n) is 3.90. The Balaban J connectivity index is 1.75. The van der Waals surface area contributed by atoms with Crippen LogP contribution in [0, 0.1) is 11.8 Å². The number of hydrogen-bond acceptors (Lipinski definition) is 3. The molecular weight excluding hydrogens is 216 g/mol. The molecule has 0 aromatic carbocycles. The fourth-order valence-electron chi connectivity index (χ4n) is 2.73. The van der Waals surface area contributed by atoms with Crippen LogP contribution in [0.5, 0.6) is 0 Å². The lowest BCUT2D eigenvalue weighted by Crippen LogP contribution is -2.44. The predicted molar refractivity (Wildman–Crippen MR) is 73.1 cm³/mol. The summed E-state index contributed by atoms with van der Waals surface area (Å²) in [5, 5.41) is 4.33. The Labute approximate surface area is 105 Å². The maximum Gasteiger partial charge on any atom is 0.0198 e. The van der Waals surface area contributed by atoms with Crippen molar-refractivity contribution in [1.29, 1.82) is 0 Å². The Bertz CT molecular complexity index is 202. The van der Waals surface area contributed by atoms with E-state index in [1.165, 1.54) is 51.3 Å². The van der Waals surface area contributed by atoms with Gasteiger partial charge in [-0.1, -0.05) is 13.8 Å². The summed E-state index contributed by atoms with van der Waals surface area (Å²) in [4.78, 5) is 2.72. The predicted octanol–water partition coefficient (Wildman–Crippen LogP) is 2.06. The van der Waals surface area contributed by atoms with E-state index >= 15 is 0 Å². The lowest BCUT2D eigenvalue weighted by Gasteiger charge is -2.37. The van der Waals surface area contributed by atoms with Crippen molar-refractivity contribution in [3.05, 3.63) is 0 Å². The van der Waals surface area contributed by atoms with Gasteiger partial charge in [0.2, 0.25) is 0 Å². The summed E-state index contributed by atoms with van der Waals surface area (Å²) in [6.45, 7) is 11.2. The van der Waals surface area contributed by atoms with Crippen LogP contribution in [-0.2, 0) is 0 Å². The zero-order chi connectivity index (χ0) is 11.4. The first-order chi connectivity index (χ1) is 7.75. The van der Waals surface area contributed by atoms with Gasteiger partial charge in [0, 0.05) is 30.6 Å². The maximum absolute atomic E-state index is 3.46. The van der Waals surface area contributed by atoms with Crippen LogP contribution >= 0.6 is 11.8 Å². The van der Waals surface area contributed by atoms with Gasteiger partial charge >= 0.3 is 0 Å². The van der Waals surface area contributed by atoms with Gasteiger partial charge in [0.15, 0.2) is 0 Å². The standard InChI is InChI=1S/C13H26N2S/c1-11(2)13-10-15(7-8-16-13)9-12-3-5-14-6-4-12/h11-14H,3-10H2,1-2H3. The molecule has 2 saturated heterocycles. The quantitative estimate of drug-likeness (QED) is 0.815. The molecule has 0 spiro atoms. The van der Waals surface area contributed by atoms with Crippen molar-refractivity contribution in [1.82, 2.24) is 10.2 Å². The molecule has 3 heteroatoms. The van der Waals surface area contributed by atoms with E-state index in [9.17, 15) is 0 Å². The molecule has 1 unspecified atom stereocenters. The van der Waals surface area contributed by atoms with E-state index < -0.39 is 0 Å². The van der Waals surface area contributed by atoms with Crippen molar-refractivity contribution < 1.29 is 0 Å². The molecule has 0 radical (unpaired) electrons. The molecule has 2 aliphatic heterocycles. The highest BCUT2D eigenvalue weighted by molar-refractivity contribution is 8.00. The molecule has 94 valence electrons. The van der Waals surface area contributed by atoms with Crippen LogP contribution in [0.25, 0.3) is 0 Å². The minimum atomic E-state index is 0.834. The van der Waals surface area contributed by atoms with E-state index in [1.54, 1.807) is 0 Å². The molecule has 0 aliphatic carbocycles. The first kappa shape index (κ1) is 12.7.